The first-order valence-electron chi connectivity index (χ1n) is 8.12. The Morgan fingerprint density at radius 1 is 1.13 bits per heavy atom. The number of anilines is 1. The molecular weight excluding hydrogens is 288 g/mol. The molecule has 1 N–H and O–H groups in total. The third-order valence-electron chi connectivity index (χ3n) is 4.00. The van der Waals surface area contributed by atoms with Crippen LogP contribution in [0.3, 0.4) is 0 Å². The Kier molecular flexibility index (Phi) is 4.81. The van der Waals surface area contributed by atoms with Gasteiger partial charge >= 0.3 is 0 Å². The lowest BCUT2D eigenvalue weighted by molar-refractivity contribution is 0.318. The number of rotatable bonds is 5. The maximum Gasteiger partial charge on any atom is 0.166 e. The van der Waals surface area contributed by atoms with E-state index in [4.69, 9.17) is 4.74 Å². The van der Waals surface area contributed by atoms with Gasteiger partial charge in [-0.1, -0.05) is 6.07 Å². The normalized spacial score (nSPS) is 14.6. The highest BCUT2D eigenvalue weighted by molar-refractivity contribution is 5.86. The standard InChI is InChI=1S/C19H22N2O2/c1-2-23-18-7-5-6-15(19(18)22)14-20-16-8-10-17(11-9-16)21-12-3-4-13-21/h5-11,14,22H,2-4,12-13H2,1H3. The molecule has 0 aliphatic carbocycles. The summed E-state index contributed by atoms with van der Waals surface area (Å²) in [5.74, 6) is 0.618. The van der Waals surface area contributed by atoms with Gasteiger partial charge in [-0.05, 0) is 56.2 Å². The van der Waals surface area contributed by atoms with E-state index < -0.39 is 0 Å². The number of aromatic hydroxyl groups is 1. The molecule has 0 aromatic heterocycles. The molecule has 2 aromatic carbocycles. The molecule has 1 aliphatic heterocycles. The number of ether oxygens (including phenoxy) is 1. The minimum absolute atomic E-state index is 0.131. The van der Waals surface area contributed by atoms with E-state index in [1.807, 2.05) is 31.2 Å². The molecule has 0 atom stereocenters. The van der Waals surface area contributed by atoms with Crippen LogP contribution >= 0.6 is 0 Å². The predicted molar refractivity (Wildman–Crippen MR) is 94.4 cm³/mol. The topological polar surface area (TPSA) is 45.1 Å². The van der Waals surface area contributed by atoms with Crippen LogP contribution in [0.2, 0.25) is 0 Å². The van der Waals surface area contributed by atoms with Crippen LogP contribution in [0.4, 0.5) is 11.4 Å². The zero-order valence-electron chi connectivity index (χ0n) is 13.4. The van der Waals surface area contributed by atoms with Gasteiger partial charge in [-0.3, -0.25) is 4.99 Å². The van der Waals surface area contributed by atoms with Crippen LogP contribution in [0.5, 0.6) is 11.5 Å². The summed E-state index contributed by atoms with van der Waals surface area (Å²) in [6.45, 7) is 4.69. The fourth-order valence-electron chi connectivity index (χ4n) is 2.78. The van der Waals surface area contributed by atoms with Crippen molar-refractivity contribution in [2.45, 2.75) is 19.8 Å². The summed E-state index contributed by atoms with van der Waals surface area (Å²) in [7, 11) is 0. The van der Waals surface area contributed by atoms with E-state index in [0.717, 1.165) is 18.8 Å². The van der Waals surface area contributed by atoms with Gasteiger partial charge in [0.25, 0.3) is 0 Å². The highest BCUT2D eigenvalue weighted by atomic mass is 16.5. The Morgan fingerprint density at radius 3 is 2.57 bits per heavy atom. The van der Waals surface area contributed by atoms with E-state index in [1.54, 1.807) is 12.3 Å². The summed E-state index contributed by atoms with van der Waals surface area (Å²) in [6, 6.07) is 13.6. The molecule has 0 radical (unpaired) electrons. The second-order valence-electron chi connectivity index (χ2n) is 5.60. The SMILES string of the molecule is CCOc1cccc(C=Nc2ccc(N3CCCC3)cc2)c1O. The van der Waals surface area contributed by atoms with Crippen LogP contribution in [-0.2, 0) is 0 Å². The third-order valence-corrected chi connectivity index (χ3v) is 4.00. The highest BCUT2D eigenvalue weighted by Crippen LogP contribution is 2.29. The van der Waals surface area contributed by atoms with Gasteiger partial charge in [0, 0.05) is 30.6 Å². The van der Waals surface area contributed by atoms with Crippen molar-refractivity contribution in [3.05, 3.63) is 48.0 Å². The van der Waals surface area contributed by atoms with Gasteiger partial charge in [-0.15, -0.1) is 0 Å². The van der Waals surface area contributed by atoms with E-state index in [9.17, 15) is 5.11 Å². The lowest BCUT2D eigenvalue weighted by Gasteiger charge is -2.17. The van der Waals surface area contributed by atoms with Crippen molar-refractivity contribution in [3.63, 3.8) is 0 Å². The molecule has 120 valence electrons. The van der Waals surface area contributed by atoms with E-state index >= 15 is 0 Å². The van der Waals surface area contributed by atoms with Crippen LogP contribution in [0.25, 0.3) is 0 Å². The van der Waals surface area contributed by atoms with Crippen molar-refractivity contribution in [3.8, 4) is 11.5 Å². The fraction of sp³-hybridized carbons (Fsp3) is 0.316. The molecule has 1 heterocycles. The lowest BCUT2D eigenvalue weighted by atomic mass is 10.2. The molecule has 4 heteroatoms. The molecule has 0 unspecified atom stereocenters. The summed E-state index contributed by atoms with van der Waals surface area (Å²) < 4.78 is 5.38. The quantitative estimate of drug-likeness (QED) is 0.844. The monoisotopic (exact) mass is 310 g/mol. The van der Waals surface area contributed by atoms with Gasteiger partial charge in [-0.25, -0.2) is 0 Å². The first kappa shape index (κ1) is 15.4. The summed E-state index contributed by atoms with van der Waals surface area (Å²) in [6.07, 6.45) is 4.22. The average molecular weight is 310 g/mol. The second kappa shape index (κ2) is 7.18. The number of nitrogens with zero attached hydrogens (tertiary/aromatic N) is 2. The molecule has 0 amide bonds. The second-order valence-corrected chi connectivity index (χ2v) is 5.60. The third kappa shape index (κ3) is 3.65. The Bertz CT molecular complexity index is 674. The van der Waals surface area contributed by atoms with E-state index in [1.165, 1.54) is 18.5 Å². The zero-order valence-corrected chi connectivity index (χ0v) is 13.4. The smallest absolute Gasteiger partial charge is 0.166 e. The van der Waals surface area contributed by atoms with E-state index in [-0.39, 0.29) is 5.75 Å². The van der Waals surface area contributed by atoms with Crippen LogP contribution < -0.4 is 9.64 Å². The lowest BCUT2D eigenvalue weighted by Crippen LogP contribution is -2.17. The molecule has 0 spiro atoms. The van der Waals surface area contributed by atoms with Crippen LogP contribution in [0.1, 0.15) is 25.3 Å². The number of phenolic OH excluding ortho intramolecular Hbond substituents is 1. The minimum atomic E-state index is 0.131. The largest absolute Gasteiger partial charge is 0.504 e. The number of hydrogen-bond acceptors (Lipinski definition) is 4. The summed E-state index contributed by atoms with van der Waals surface area (Å²) >= 11 is 0. The maximum atomic E-state index is 10.2. The first-order valence-corrected chi connectivity index (χ1v) is 8.12. The molecule has 3 rings (SSSR count). The number of para-hydroxylation sites is 1. The van der Waals surface area contributed by atoms with E-state index in [2.05, 4.69) is 22.0 Å². The van der Waals surface area contributed by atoms with E-state index in [0.29, 0.717) is 17.9 Å². The molecule has 1 saturated heterocycles. The Balaban J connectivity index is 1.73. The number of hydrogen-bond donors (Lipinski definition) is 1. The molecule has 4 nitrogen and oxygen atoms in total. The summed E-state index contributed by atoms with van der Waals surface area (Å²) in [5.41, 5.74) is 2.77. The van der Waals surface area contributed by atoms with Crippen molar-refractivity contribution in [1.82, 2.24) is 0 Å². The van der Waals surface area contributed by atoms with Crippen molar-refractivity contribution in [2.24, 2.45) is 4.99 Å². The Hall–Kier alpha value is -2.49. The summed E-state index contributed by atoms with van der Waals surface area (Å²) in [4.78, 5) is 6.84. The highest BCUT2D eigenvalue weighted by Gasteiger charge is 2.11. The Morgan fingerprint density at radius 2 is 1.87 bits per heavy atom. The molecule has 1 fully saturated rings. The van der Waals surface area contributed by atoms with Crippen molar-refractivity contribution in [2.75, 3.05) is 24.6 Å². The molecular formula is C19H22N2O2. The fourth-order valence-corrected chi connectivity index (χ4v) is 2.78. The van der Waals surface area contributed by atoms with Gasteiger partial charge in [0.2, 0.25) is 0 Å². The van der Waals surface area contributed by atoms with Gasteiger partial charge in [0.15, 0.2) is 11.5 Å². The zero-order chi connectivity index (χ0) is 16.1. The van der Waals surface area contributed by atoms with Gasteiger partial charge < -0.3 is 14.7 Å². The molecule has 23 heavy (non-hydrogen) atoms. The average Bonchev–Trinajstić information content (AvgIpc) is 3.11. The molecule has 2 aromatic rings. The van der Waals surface area contributed by atoms with Crippen molar-refractivity contribution < 1.29 is 9.84 Å². The predicted octanol–water partition coefficient (Wildman–Crippen LogP) is 4.14. The number of benzene rings is 2. The van der Waals surface area contributed by atoms with Gasteiger partial charge in [0.05, 0.1) is 12.3 Å². The van der Waals surface area contributed by atoms with Crippen LogP contribution in [0, 0.1) is 0 Å². The molecule has 0 saturated carbocycles. The van der Waals surface area contributed by atoms with Gasteiger partial charge in [-0.2, -0.15) is 0 Å². The first-order chi connectivity index (χ1) is 11.3. The Labute approximate surface area is 137 Å². The maximum absolute atomic E-state index is 10.2. The number of aliphatic imine (C=N–C) groups is 1. The van der Waals surface area contributed by atoms with Crippen LogP contribution in [0.15, 0.2) is 47.5 Å². The number of phenols is 1. The van der Waals surface area contributed by atoms with Crippen LogP contribution in [-0.4, -0.2) is 31.0 Å². The summed E-state index contributed by atoms with van der Waals surface area (Å²) in [5, 5.41) is 10.2. The minimum Gasteiger partial charge on any atom is -0.504 e. The molecule has 1 aliphatic rings. The van der Waals surface area contributed by atoms with Crippen molar-refractivity contribution in [1.29, 1.82) is 0 Å². The van der Waals surface area contributed by atoms with Crippen molar-refractivity contribution >= 4 is 17.6 Å². The molecule has 0 bridgehead atoms. The van der Waals surface area contributed by atoms with Gasteiger partial charge in [0.1, 0.15) is 0 Å².